The molecule has 110 valence electrons. The fourth-order valence-electron chi connectivity index (χ4n) is 2.94. The van der Waals surface area contributed by atoms with E-state index in [9.17, 15) is 0 Å². The summed E-state index contributed by atoms with van der Waals surface area (Å²) in [5.41, 5.74) is 0. The molecule has 0 radical (unpaired) electrons. The van der Waals surface area contributed by atoms with E-state index in [1.54, 1.807) is 0 Å². The van der Waals surface area contributed by atoms with E-state index < -0.39 is 0 Å². The minimum absolute atomic E-state index is 0.758. The topological polar surface area (TPSA) is 36.9 Å². The number of hydrogen-bond donors (Lipinski definition) is 1. The standard InChI is InChI=1S/C15H29N3O/c1-12-8-13(2)10-18(9-12)15(16-3)17-6-7-19-11-14-4-5-14/h12-14H,4-11H2,1-3H3,(H,16,17). The summed E-state index contributed by atoms with van der Waals surface area (Å²) < 4.78 is 5.65. The second-order valence-corrected chi connectivity index (χ2v) is 6.34. The van der Waals surface area contributed by atoms with E-state index in [1.807, 2.05) is 7.05 Å². The van der Waals surface area contributed by atoms with E-state index >= 15 is 0 Å². The Kier molecular flexibility index (Phi) is 5.49. The van der Waals surface area contributed by atoms with Crippen LogP contribution >= 0.6 is 0 Å². The molecule has 0 bridgehead atoms. The zero-order valence-electron chi connectivity index (χ0n) is 12.7. The Hall–Kier alpha value is -0.770. The molecule has 2 rings (SSSR count). The van der Waals surface area contributed by atoms with Crippen molar-refractivity contribution in [2.45, 2.75) is 33.1 Å². The van der Waals surface area contributed by atoms with Crippen molar-refractivity contribution in [3.63, 3.8) is 0 Å². The van der Waals surface area contributed by atoms with Gasteiger partial charge in [0, 0.05) is 33.3 Å². The van der Waals surface area contributed by atoms with Gasteiger partial charge >= 0.3 is 0 Å². The van der Waals surface area contributed by atoms with Crippen molar-refractivity contribution in [1.29, 1.82) is 0 Å². The van der Waals surface area contributed by atoms with Crippen LogP contribution in [0.1, 0.15) is 33.1 Å². The first-order valence-corrected chi connectivity index (χ1v) is 7.72. The van der Waals surface area contributed by atoms with Gasteiger partial charge in [-0.05, 0) is 37.0 Å². The summed E-state index contributed by atoms with van der Waals surface area (Å²) in [7, 11) is 1.87. The lowest BCUT2D eigenvalue weighted by Gasteiger charge is -2.37. The van der Waals surface area contributed by atoms with Gasteiger partial charge in [0.25, 0.3) is 0 Å². The lowest BCUT2D eigenvalue weighted by Crippen LogP contribution is -2.49. The van der Waals surface area contributed by atoms with Crippen LogP contribution in [0.25, 0.3) is 0 Å². The van der Waals surface area contributed by atoms with Gasteiger partial charge in [-0.1, -0.05) is 13.8 Å². The normalized spacial score (nSPS) is 28.6. The fraction of sp³-hybridized carbons (Fsp3) is 0.933. The number of aliphatic imine (C=N–C) groups is 1. The van der Waals surface area contributed by atoms with Crippen LogP contribution in [-0.2, 0) is 4.74 Å². The van der Waals surface area contributed by atoms with Gasteiger partial charge in [0.15, 0.2) is 5.96 Å². The van der Waals surface area contributed by atoms with Crippen LogP contribution in [0.2, 0.25) is 0 Å². The molecule has 1 N–H and O–H groups in total. The lowest BCUT2D eigenvalue weighted by atomic mass is 9.92. The van der Waals surface area contributed by atoms with Crippen molar-refractivity contribution in [1.82, 2.24) is 10.2 Å². The van der Waals surface area contributed by atoms with Crippen molar-refractivity contribution >= 4 is 5.96 Å². The van der Waals surface area contributed by atoms with Gasteiger partial charge in [-0.3, -0.25) is 4.99 Å². The molecule has 2 aliphatic rings. The molecule has 19 heavy (non-hydrogen) atoms. The predicted molar refractivity (Wildman–Crippen MR) is 79.4 cm³/mol. The summed E-state index contributed by atoms with van der Waals surface area (Å²) in [4.78, 5) is 6.79. The highest BCUT2D eigenvalue weighted by Crippen LogP contribution is 2.28. The first kappa shape index (κ1) is 14.6. The molecule has 1 saturated heterocycles. The van der Waals surface area contributed by atoms with E-state index in [-0.39, 0.29) is 0 Å². The largest absolute Gasteiger partial charge is 0.379 e. The van der Waals surface area contributed by atoms with E-state index in [0.717, 1.165) is 56.6 Å². The van der Waals surface area contributed by atoms with Crippen LogP contribution in [-0.4, -0.2) is 50.8 Å². The van der Waals surface area contributed by atoms with Gasteiger partial charge in [-0.25, -0.2) is 0 Å². The molecular formula is C15H29N3O. The van der Waals surface area contributed by atoms with Crippen LogP contribution in [0.3, 0.4) is 0 Å². The number of ether oxygens (including phenoxy) is 1. The Labute approximate surface area is 117 Å². The number of nitrogens with zero attached hydrogens (tertiary/aromatic N) is 2. The van der Waals surface area contributed by atoms with E-state index in [0.29, 0.717) is 0 Å². The van der Waals surface area contributed by atoms with Gasteiger partial charge in [0.2, 0.25) is 0 Å². The van der Waals surface area contributed by atoms with Crippen LogP contribution in [0, 0.1) is 17.8 Å². The monoisotopic (exact) mass is 267 g/mol. The molecular weight excluding hydrogens is 238 g/mol. The van der Waals surface area contributed by atoms with Gasteiger partial charge < -0.3 is 15.0 Å². The smallest absolute Gasteiger partial charge is 0.193 e. The number of likely N-dealkylation sites (tertiary alicyclic amines) is 1. The molecule has 1 saturated carbocycles. The molecule has 4 heteroatoms. The summed E-state index contributed by atoms with van der Waals surface area (Å²) in [5, 5.41) is 3.43. The Morgan fingerprint density at radius 1 is 1.26 bits per heavy atom. The quantitative estimate of drug-likeness (QED) is 0.470. The third-order valence-corrected chi connectivity index (χ3v) is 3.96. The van der Waals surface area contributed by atoms with Crippen LogP contribution in [0.15, 0.2) is 4.99 Å². The summed E-state index contributed by atoms with van der Waals surface area (Å²) in [6, 6.07) is 0. The van der Waals surface area contributed by atoms with Gasteiger partial charge in [-0.2, -0.15) is 0 Å². The average molecular weight is 267 g/mol. The molecule has 2 atom stereocenters. The Bertz CT molecular complexity index is 292. The Morgan fingerprint density at radius 3 is 2.53 bits per heavy atom. The molecule has 1 aliphatic carbocycles. The van der Waals surface area contributed by atoms with Gasteiger partial charge in [0.1, 0.15) is 0 Å². The number of hydrogen-bond acceptors (Lipinski definition) is 2. The highest BCUT2D eigenvalue weighted by atomic mass is 16.5. The molecule has 2 unspecified atom stereocenters. The van der Waals surface area contributed by atoms with Gasteiger partial charge in [-0.15, -0.1) is 0 Å². The number of rotatable bonds is 5. The number of guanidine groups is 1. The van der Waals surface area contributed by atoms with E-state index in [1.165, 1.54) is 19.3 Å². The Balaban J connectivity index is 1.66. The second-order valence-electron chi connectivity index (χ2n) is 6.34. The highest BCUT2D eigenvalue weighted by molar-refractivity contribution is 5.80. The van der Waals surface area contributed by atoms with Crippen molar-refractivity contribution < 1.29 is 4.74 Å². The van der Waals surface area contributed by atoms with Crippen LogP contribution in [0.5, 0.6) is 0 Å². The van der Waals surface area contributed by atoms with Crippen molar-refractivity contribution in [2.75, 3.05) is 39.9 Å². The van der Waals surface area contributed by atoms with Crippen LogP contribution in [0.4, 0.5) is 0 Å². The highest BCUT2D eigenvalue weighted by Gasteiger charge is 2.24. The maximum absolute atomic E-state index is 5.65. The summed E-state index contributed by atoms with van der Waals surface area (Å²) in [6.07, 6.45) is 4.05. The third kappa shape index (κ3) is 5.01. The SMILES string of the molecule is CN=C(NCCOCC1CC1)N1CC(C)CC(C)C1. The summed E-state index contributed by atoms with van der Waals surface area (Å²) >= 11 is 0. The third-order valence-electron chi connectivity index (χ3n) is 3.96. The molecule has 0 aromatic carbocycles. The lowest BCUT2D eigenvalue weighted by molar-refractivity contribution is 0.127. The van der Waals surface area contributed by atoms with Crippen molar-refractivity contribution in [3.05, 3.63) is 0 Å². The van der Waals surface area contributed by atoms with Gasteiger partial charge in [0.05, 0.1) is 6.61 Å². The molecule has 1 heterocycles. The second kappa shape index (κ2) is 7.13. The molecule has 4 nitrogen and oxygen atoms in total. The molecule has 2 fully saturated rings. The maximum Gasteiger partial charge on any atom is 0.193 e. The maximum atomic E-state index is 5.65. The first-order valence-electron chi connectivity index (χ1n) is 7.72. The average Bonchev–Trinajstić information content (AvgIpc) is 3.16. The van der Waals surface area contributed by atoms with Crippen molar-refractivity contribution in [2.24, 2.45) is 22.7 Å². The molecule has 0 aromatic rings. The minimum Gasteiger partial charge on any atom is -0.379 e. The van der Waals surface area contributed by atoms with Crippen molar-refractivity contribution in [3.8, 4) is 0 Å². The van der Waals surface area contributed by atoms with E-state index in [4.69, 9.17) is 4.74 Å². The minimum atomic E-state index is 0.758. The van der Waals surface area contributed by atoms with Crippen LogP contribution < -0.4 is 5.32 Å². The summed E-state index contributed by atoms with van der Waals surface area (Å²) in [6.45, 7) is 9.48. The number of piperidine rings is 1. The zero-order chi connectivity index (χ0) is 13.7. The first-order chi connectivity index (χ1) is 9.19. The summed E-state index contributed by atoms with van der Waals surface area (Å²) in [5.74, 6) is 3.40. The molecule has 0 spiro atoms. The fourth-order valence-corrected chi connectivity index (χ4v) is 2.94. The molecule has 0 aromatic heterocycles. The van der Waals surface area contributed by atoms with E-state index in [2.05, 4.69) is 29.1 Å². The Morgan fingerprint density at radius 2 is 1.95 bits per heavy atom. The number of nitrogens with one attached hydrogen (secondary N) is 1. The molecule has 0 amide bonds. The predicted octanol–water partition coefficient (Wildman–Crippen LogP) is 1.97. The molecule has 1 aliphatic heterocycles. The zero-order valence-corrected chi connectivity index (χ0v) is 12.7.